The van der Waals surface area contributed by atoms with Crippen molar-refractivity contribution in [2.24, 2.45) is 0 Å². The van der Waals surface area contributed by atoms with Gasteiger partial charge in [-0.15, -0.1) is 0 Å². The molecule has 0 atom stereocenters. The van der Waals surface area contributed by atoms with E-state index in [9.17, 15) is 4.79 Å². The average molecular weight is 295 g/mol. The Hall–Kier alpha value is -1.62. The van der Waals surface area contributed by atoms with Crippen molar-refractivity contribution in [3.8, 4) is 11.3 Å². The maximum Gasteiger partial charge on any atom is 0.353 e. The monoisotopic (exact) mass is 294 g/mol. The Bertz CT molecular complexity index is 590. The summed E-state index contributed by atoms with van der Waals surface area (Å²) in [4.78, 5) is 10.8. The largest absolute Gasteiger partial charge is 0.477 e. The van der Waals surface area contributed by atoms with E-state index < -0.39 is 5.97 Å². The molecule has 0 spiro atoms. The number of carbonyl (C=O) groups is 1. The summed E-state index contributed by atoms with van der Waals surface area (Å²) in [7, 11) is 0. The van der Waals surface area contributed by atoms with Gasteiger partial charge in [0.1, 0.15) is 5.69 Å². The molecule has 0 aliphatic heterocycles. The Morgan fingerprint density at radius 3 is 2.71 bits per heavy atom. The number of aromatic carboxylic acids is 1. The van der Waals surface area contributed by atoms with Crippen LogP contribution in [-0.2, 0) is 0 Å². The summed E-state index contributed by atoms with van der Waals surface area (Å²) in [5, 5.41) is 15.4. The van der Waals surface area contributed by atoms with E-state index in [2.05, 4.69) is 26.1 Å². The molecular formula is C12H11BrN2O2. The SMILES string of the molecule is Cc1ccc(Br)c(-c2cc(C(=O)O)[nH]n2)c1C. The van der Waals surface area contributed by atoms with Crippen LogP contribution in [0.4, 0.5) is 0 Å². The van der Waals surface area contributed by atoms with Gasteiger partial charge in [0.25, 0.3) is 0 Å². The lowest BCUT2D eigenvalue weighted by molar-refractivity contribution is 0.0690. The van der Waals surface area contributed by atoms with E-state index in [4.69, 9.17) is 5.11 Å². The molecule has 0 saturated heterocycles. The molecule has 4 nitrogen and oxygen atoms in total. The summed E-state index contributed by atoms with van der Waals surface area (Å²) in [6.07, 6.45) is 0. The third-order valence-corrected chi connectivity index (χ3v) is 3.41. The Labute approximate surface area is 107 Å². The third kappa shape index (κ3) is 2.10. The smallest absolute Gasteiger partial charge is 0.353 e. The number of benzene rings is 1. The quantitative estimate of drug-likeness (QED) is 0.894. The number of nitrogens with one attached hydrogen (secondary N) is 1. The first kappa shape index (κ1) is 11.9. The van der Waals surface area contributed by atoms with E-state index in [1.807, 2.05) is 26.0 Å². The molecule has 0 radical (unpaired) electrons. The highest BCUT2D eigenvalue weighted by molar-refractivity contribution is 9.10. The van der Waals surface area contributed by atoms with E-state index in [1.165, 1.54) is 6.07 Å². The molecule has 0 fully saturated rings. The van der Waals surface area contributed by atoms with Crippen LogP contribution in [0.15, 0.2) is 22.7 Å². The number of hydrogen-bond donors (Lipinski definition) is 2. The number of carboxylic acid groups (broad SMARTS) is 1. The lowest BCUT2D eigenvalue weighted by Crippen LogP contribution is -1.95. The summed E-state index contributed by atoms with van der Waals surface area (Å²) in [5.41, 5.74) is 3.88. The Morgan fingerprint density at radius 2 is 2.12 bits per heavy atom. The summed E-state index contributed by atoms with van der Waals surface area (Å²) < 4.78 is 0.907. The first-order chi connectivity index (χ1) is 8.00. The Morgan fingerprint density at radius 1 is 1.41 bits per heavy atom. The van der Waals surface area contributed by atoms with Gasteiger partial charge in [0.2, 0.25) is 0 Å². The van der Waals surface area contributed by atoms with Gasteiger partial charge in [-0.25, -0.2) is 4.79 Å². The van der Waals surface area contributed by atoms with Crippen molar-refractivity contribution >= 4 is 21.9 Å². The Kier molecular flexibility index (Phi) is 3.02. The number of aromatic amines is 1. The maximum atomic E-state index is 10.8. The lowest BCUT2D eigenvalue weighted by atomic mass is 10.0. The van der Waals surface area contributed by atoms with Crippen LogP contribution in [0.5, 0.6) is 0 Å². The van der Waals surface area contributed by atoms with Gasteiger partial charge in [-0.2, -0.15) is 5.10 Å². The second kappa shape index (κ2) is 4.33. The van der Waals surface area contributed by atoms with Crippen LogP contribution in [0.3, 0.4) is 0 Å². The second-order valence-corrected chi connectivity index (χ2v) is 4.69. The van der Waals surface area contributed by atoms with Gasteiger partial charge in [0.05, 0.1) is 5.69 Å². The summed E-state index contributed by atoms with van der Waals surface area (Å²) in [5.74, 6) is -1.01. The molecule has 0 aliphatic carbocycles. The minimum Gasteiger partial charge on any atom is -0.477 e. The van der Waals surface area contributed by atoms with Gasteiger partial charge in [-0.1, -0.05) is 22.0 Å². The molecule has 2 rings (SSSR count). The van der Waals surface area contributed by atoms with E-state index in [-0.39, 0.29) is 5.69 Å². The predicted molar refractivity (Wildman–Crippen MR) is 68.2 cm³/mol. The number of carboxylic acids is 1. The molecule has 5 heteroatoms. The summed E-state index contributed by atoms with van der Waals surface area (Å²) in [6.45, 7) is 4.00. The van der Waals surface area contributed by atoms with E-state index >= 15 is 0 Å². The van der Waals surface area contributed by atoms with Crippen molar-refractivity contribution < 1.29 is 9.90 Å². The van der Waals surface area contributed by atoms with Gasteiger partial charge >= 0.3 is 5.97 Å². The number of aromatic nitrogens is 2. The molecule has 0 saturated carbocycles. The van der Waals surface area contributed by atoms with Crippen LogP contribution in [0.1, 0.15) is 21.6 Å². The van der Waals surface area contributed by atoms with Crippen LogP contribution >= 0.6 is 15.9 Å². The molecule has 0 amide bonds. The van der Waals surface area contributed by atoms with Crippen LogP contribution in [0, 0.1) is 13.8 Å². The van der Waals surface area contributed by atoms with E-state index in [0.29, 0.717) is 5.69 Å². The zero-order chi connectivity index (χ0) is 12.6. The van der Waals surface area contributed by atoms with Crippen molar-refractivity contribution in [1.82, 2.24) is 10.2 Å². The fourth-order valence-electron chi connectivity index (χ4n) is 1.66. The molecule has 2 N–H and O–H groups in total. The third-order valence-electron chi connectivity index (χ3n) is 2.75. The molecule has 2 aromatic rings. The highest BCUT2D eigenvalue weighted by Gasteiger charge is 2.14. The number of H-pyrrole nitrogens is 1. The highest BCUT2D eigenvalue weighted by Crippen LogP contribution is 2.32. The molecule has 17 heavy (non-hydrogen) atoms. The van der Waals surface area contributed by atoms with Gasteiger partial charge in [-0.05, 0) is 37.1 Å². The van der Waals surface area contributed by atoms with E-state index in [1.54, 1.807) is 0 Å². The summed E-state index contributed by atoms with van der Waals surface area (Å²) >= 11 is 3.46. The second-order valence-electron chi connectivity index (χ2n) is 3.84. The normalized spacial score (nSPS) is 10.5. The topological polar surface area (TPSA) is 66.0 Å². The highest BCUT2D eigenvalue weighted by atomic mass is 79.9. The zero-order valence-electron chi connectivity index (χ0n) is 9.41. The Balaban J connectivity index is 2.60. The molecule has 1 heterocycles. The van der Waals surface area contributed by atoms with Crippen molar-refractivity contribution in [3.05, 3.63) is 39.5 Å². The van der Waals surface area contributed by atoms with Crippen molar-refractivity contribution in [2.75, 3.05) is 0 Å². The van der Waals surface area contributed by atoms with Gasteiger partial charge in [-0.3, -0.25) is 5.10 Å². The number of aryl methyl sites for hydroxylation is 1. The number of hydrogen-bond acceptors (Lipinski definition) is 2. The minimum atomic E-state index is -1.01. The minimum absolute atomic E-state index is 0.0906. The standard InChI is InChI=1S/C12H11BrN2O2/c1-6-3-4-8(13)11(7(6)2)9-5-10(12(16)17)15-14-9/h3-5H,1-2H3,(H,14,15)(H,16,17). The average Bonchev–Trinajstić information content (AvgIpc) is 2.73. The molecule has 1 aromatic heterocycles. The number of nitrogens with zero attached hydrogens (tertiary/aromatic N) is 1. The maximum absolute atomic E-state index is 10.8. The number of halogens is 1. The molecular weight excluding hydrogens is 284 g/mol. The van der Waals surface area contributed by atoms with Crippen LogP contribution in [0.2, 0.25) is 0 Å². The summed E-state index contributed by atoms with van der Waals surface area (Å²) in [6, 6.07) is 5.48. The number of rotatable bonds is 2. The molecule has 1 aromatic carbocycles. The molecule has 0 aliphatic rings. The lowest BCUT2D eigenvalue weighted by Gasteiger charge is -2.08. The van der Waals surface area contributed by atoms with Crippen LogP contribution < -0.4 is 0 Å². The first-order valence-corrected chi connectivity index (χ1v) is 5.84. The fourth-order valence-corrected chi connectivity index (χ4v) is 2.29. The fraction of sp³-hybridized carbons (Fsp3) is 0.167. The van der Waals surface area contributed by atoms with Crippen LogP contribution in [0.25, 0.3) is 11.3 Å². The zero-order valence-corrected chi connectivity index (χ0v) is 11.0. The van der Waals surface area contributed by atoms with Gasteiger partial charge in [0.15, 0.2) is 0 Å². The van der Waals surface area contributed by atoms with Crippen molar-refractivity contribution in [1.29, 1.82) is 0 Å². The molecule has 88 valence electrons. The predicted octanol–water partition coefficient (Wildman–Crippen LogP) is 3.15. The van der Waals surface area contributed by atoms with E-state index in [0.717, 1.165) is 21.2 Å². The molecule has 0 bridgehead atoms. The van der Waals surface area contributed by atoms with Gasteiger partial charge in [0, 0.05) is 10.0 Å². The molecule has 0 unspecified atom stereocenters. The first-order valence-electron chi connectivity index (χ1n) is 5.05. The van der Waals surface area contributed by atoms with Gasteiger partial charge < -0.3 is 5.11 Å². The van der Waals surface area contributed by atoms with Crippen LogP contribution in [-0.4, -0.2) is 21.3 Å². The van der Waals surface area contributed by atoms with Crippen molar-refractivity contribution in [2.45, 2.75) is 13.8 Å². The van der Waals surface area contributed by atoms with Crippen molar-refractivity contribution in [3.63, 3.8) is 0 Å².